The Morgan fingerprint density at radius 2 is 2.19 bits per heavy atom. The average molecular weight is 238 g/mol. The smallest absolute Gasteiger partial charge is 0.129 e. The minimum Gasteiger partial charge on any atom is -0.397 e. The molecule has 0 saturated heterocycles. The zero-order chi connectivity index (χ0) is 12.3. The molecule has 1 aromatic heterocycles. The molecule has 0 amide bonds. The highest BCUT2D eigenvalue weighted by molar-refractivity contribution is 7.17. The van der Waals surface area contributed by atoms with Crippen molar-refractivity contribution in [3.05, 3.63) is 10.9 Å². The van der Waals surface area contributed by atoms with Crippen LogP contribution in [0.25, 0.3) is 0 Å². The molecule has 0 fully saturated rings. The summed E-state index contributed by atoms with van der Waals surface area (Å²) in [5.41, 5.74) is 6.30. The van der Waals surface area contributed by atoms with Crippen molar-refractivity contribution in [2.75, 3.05) is 31.7 Å². The van der Waals surface area contributed by atoms with E-state index in [1.807, 2.05) is 20.2 Å². The molecule has 1 heterocycles. The Kier molecular flexibility index (Phi) is 3.79. The fraction of sp³-hybridized carbons (Fsp3) is 0.545. The van der Waals surface area contributed by atoms with Crippen molar-refractivity contribution < 1.29 is 0 Å². The second kappa shape index (κ2) is 4.73. The van der Waals surface area contributed by atoms with Crippen LogP contribution in [0, 0.1) is 11.3 Å². The van der Waals surface area contributed by atoms with Crippen LogP contribution in [0.2, 0.25) is 0 Å². The normalized spacial score (nSPS) is 11.5. The summed E-state index contributed by atoms with van der Waals surface area (Å²) in [5, 5.41) is 13.0. The first kappa shape index (κ1) is 12.8. The molecule has 3 N–H and O–H groups in total. The Morgan fingerprint density at radius 1 is 1.56 bits per heavy atom. The van der Waals surface area contributed by atoms with Gasteiger partial charge in [-0.1, -0.05) is 0 Å². The molecule has 1 rings (SSSR count). The summed E-state index contributed by atoms with van der Waals surface area (Å²) < 4.78 is 0. The van der Waals surface area contributed by atoms with Crippen LogP contribution in [0.4, 0.5) is 10.7 Å². The van der Waals surface area contributed by atoms with Crippen LogP contribution in [-0.4, -0.2) is 31.1 Å². The van der Waals surface area contributed by atoms with Gasteiger partial charge in [0, 0.05) is 12.1 Å². The number of hydrogen-bond donors (Lipinski definition) is 2. The predicted octanol–water partition coefficient (Wildman–Crippen LogP) is 1.95. The lowest BCUT2D eigenvalue weighted by atomic mass is 10.0. The summed E-state index contributed by atoms with van der Waals surface area (Å²) in [6.45, 7) is 5.12. The summed E-state index contributed by atoms with van der Waals surface area (Å²) in [5.74, 6) is 0. The molecule has 0 radical (unpaired) electrons. The number of thiophene rings is 1. The van der Waals surface area contributed by atoms with Gasteiger partial charge in [-0.3, -0.25) is 0 Å². The molecule has 0 saturated carbocycles. The van der Waals surface area contributed by atoms with Gasteiger partial charge in [0.1, 0.15) is 10.9 Å². The van der Waals surface area contributed by atoms with Crippen molar-refractivity contribution in [3.8, 4) is 6.07 Å². The molecular formula is C11H18N4S. The molecule has 0 unspecified atom stereocenters. The van der Waals surface area contributed by atoms with E-state index in [0.29, 0.717) is 10.6 Å². The van der Waals surface area contributed by atoms with Crippen LogP contribution >= 0.6 is 11.3 Å². The number of hydrogen-bond acceptors (Lipinski definition) is 5. The molecule has 0 atom stereocenters. The third-order valence-electron chi connectivity index (χ3n) is 2.77. The first-order chi connectivity index (χ1) is 7.36. The molecule has 88 valence electrons. The van der Waals surface area contributed by atoms with E-state index in [2.05, 4.69) is 30.1 Å². The van der Waals surface area contributed by atoms with Gasteiger partial charge < -0.3 is 16.0 Å². The second-order valence-corrected chi connectivity index (χ2v) is 5.62. The molecule has 4 nitrogen and oxygen atoms in total. The molecule has 0 aromatic carbocycles. The van der Waals surface area contributed by atoms with E-state index in [-0.39, 0.29) is 5.54 Å². The van der Waals surface area contributed by atoms with Gasteiger partial charge in [0.2, 0.25) is 0 Å². The highest BCUT2D eigenvalue weighted by Gasteiger charge is 2.20. The van der Waals surface area contributed by atoms with E-state index in [1.54, 1.807) is 0 Å². The molecular weight excluding hydrogens is 220 g/mol. The van der Waals surface area contributed by atoms with Crippen molar-refractivity contribution >= 4 is 22.0 Å². The largest absolute Gasteiger partial charge is 0.397 e. The van der Waals surface area contributed by atoms with Gasteiger partial charge in [0.25, 0.3) is 0 Å². The minimum atomic E-state index is 0.0611. The summed E-state index contributed by atoms with van der Waals surface area (Å²) in [6, 6.07) is 3.89. The fourth-order valence-corrected chi connectivity index (χ4v) is 1.81. The molecule has 0 aliphatic carbocycles. The minimum absolute atomic E-state index is 0.0611. The average Bonchev–Trinajstić information content (AvgIpc) is 2.56. The van der Waals surface area contributed by atoms with E-state index in [0.717, 1.165) is 11.5 Å². The van der Waals surface area contributed by atoms with Crippen LogP contribution in [-0.2, 0) is 0 Å². The summed E-state index contributed by atoms with van der Waals surface area (Å²) in [7, 11) is 4.09. The van der Waals surface area contributed by atoms with E-state index in [1.165, 1.54) is 11.3 Å². The number of likely N-dealkylation sites (N-methyl/N-ethyl adjacent to an activating group) is 1. The van der Waals surface area contributed by atoms with Crippen molar-refractivity contribution in [1.29, 1.82) is 5.26 Å². The van der Waals surface area contributed by atoms with Crippen molar-refractivity contribution in [1.82, 2.24) is 4.90 Å². The molecule has 0 aliphatic rings. The van der Waals surface area contributed by atoms with Crippen LogP contribution in [0.15, 0.2) is 6.07 Å². The Morgan fingerprint density at radius 3 is 2.62 bits per heavy atom. The van der Waals surface area contributed by atoms with Crippen LogP contribution < -0.4 is 11.1 Å². The third kappa shape index (κ3) is 2.87. The number of nitriles is 1. The zero-order valence-corrected chi connectivity index (χ0v) is 11.0. The van der Waals surface area contributed by atoms with Gasteiger partial charge in [-0.15, -0.1) is 11.3 Å². The Bertz CT molecular complexity index is 401. The van der Waals surface area contributed by atoms with Gasteiger partial charge in [0.05, 0.1) is 10.7 Å². The Labute approximate surface area is 101 Å². The number of nitrogens with one attached hydrogen (secondary N) is 1. The van der Waals surface area contributed by atoms with Gasteiger partial charge in [0.15, 0.2) is 0 Å². The van der Waals surface area contributed by atoms with Crippen molar-refractivity contribution in [2.24, 2.45) is 0 Å². The number of rotatable bonds is 4. The lowest BCUT2D eigenvalue weighted by Gasteiger charge is -2.32. The number of nitrogens with zero attached hydrogens (tertiary/aromatic N) is 2. The quantitative estimate of drug-likeness (QED) is 0.841. The van der Waals surface area contributed by atoms with E-state index < -0.39 is 0 Å². The summed E-state index contributed by atoms with van der Waals surface area (Å²) in [6.07, 6.45) is 0. The molecule has 0 bridgehead atoms. The predicted molar refractivity (Wildman–Crippen MR) is 69.7 cm³/mol. The van der Waals surface area contributed by atoms with Gasteiger partial charge in [-0.25, -0.2) is 0 Å². The summed E-state index contributed by atoms with van der Waals surface area (Å²) >= 11 is 1.40. The lowest BCUT2D eigenvalue weighted by Crippen LogP contribution is -2.44. The molecule has 5 heteroatoms. The third-order valence-corrected chi connectivity index (χ3v) is 3.78. The number of nitrogens with two attached hydrogens (primary N) is 1. The van der Waals surface area contributed by atoms with E-state index >= 15 is 0 Å². The van der Waals surface area contributed by atoms with E-state index in [9.17, 15) is 0 Å². The van der Waals surface area contributed by atoms with Crippen molar-refractivity contribution in [3.63, 3.8) is 0 Å². The number of nitrogen functional groups attached to an aromatic ring is 1. The zero-order valence-electron chi connectivity index (χ0n) is 10.2. The summed E-state index contributed by atoms with van der Waals surface area (Å²) in [4.78, 5) is 2.73. The molecule has 0 spiro atoms. The Balaban J connectivity index is 2.66. The maximum Gasteiger partial charge on any atom is 0.129 e. The second-order valence-electron chi connectivity index (χ2n) is 4.57. The van der Waals surface area contributed by atoms with Crippen molar-refractivity contribution in [2.45, 2.75) is 19.4 Å². The standard InChI is InChI=1S/C11H18N4S/c1-11(2,15(3)4)7-14-10-5-8(13)9(6-12)16-10/h5,14H,7,13H2,1-4H3. The first-order valence-corrected chi connectivity index (χ1v) is 5.89. The SMILES string of the molecule is CN(C)C(C)(C)CNc1cc(N)c(C#N)s1. The highest BCUT2D eigenvalue weighted by atomic mass is 32.1. The van der Waals surface area contributed by atoms with Crippen LogP contribution in [0.5, 0.6) is 0 Å². The molecule has 16 heavy (non-hydrogen) atoms. The highest BCUT2D eigenvalue weighted by Crippen LogP contribution is 2.28. The van der Waals surface area contributed by atoms with E-state index in [4.69, 9.17) is 11.0 Å². The van der Waals surface area contributed by atoms with Gasteiger partial charge in [-0.05, 0) is 34.0 Å². The van der Waals surface area contributed by atoms with Crippen LogP contribution in [0.1, 0.15) is 18.7 Å². The monoisotopic (exact) mass is 238 g/mol. The van der Waals surface area contributed by atoms with Gasteiger partial charge in [-0.2, -0.15) is 5.26 Å². The van der Waals surface area contributed by atoms with Gasteiger partial charge >= 0.3 is 0 Å². The fourth-order valence-electron chi connectivity index (χ4n) is 1.04. The Hall–Kier alpha value is -1.25. The topological polar surface area (TPSA) is 65.1 Å². The molecule has 0 aliphatic heterocycles. The lowest BCUT2D eigenvalue weighted by molar-refractivity contribution is 0.210. The number of anilines is 2. The maximum absolute atomic E-state index is 8.79. The van der Waals surface area contributed by atoms with Crippen LogP contribution in [0.3, 0.4) is 0 Å². The molecule has 1 aromatic rings. The first-order valence-electron chi connectivity index (χ1n) is 5.07. The maximum atomic E-state index is 8.79.